The van der Waals surface area contributed by atoms with Gasteiger partial charge in [0.1, 0.15) is 0 Å². The zero-order valence-corrected chi connectivity index (χ0v) is 10.0. The molecule has 0 bridgehead atoms. The highest BCUT2D eigenvalue weighted by Crippen LogP contribution is 2.34. The van der Waals surface area contributed by atoms with Gasteiger partial charge >= 0.3 is 0 Å². The number of ether oxygens (including phenoxy) is 1. The molecule has 0 aromatic carbocycles. The summed E-state index contributed by atoms with van der Waals surface area (Å²) in [5.74, 6) is 0.652. The van der Waals surface area contributed by atoms with E-state index in [1.54, 1.807) is 0 Å². The van der Waals surface area contributed by atoms with Crippen molar-refractivity contribution in [1.82, 2.24) is 4.90 Å². The fourth-order valence-electron chi connectivity index (χ4n) is 2.98. The number of nitrogens with zero attached hydrogens (tertiary/aromatic N) is 1. The SMILES string of the molecule is CC1(C)C(CN)CCN1CC1CCCO1. The largest absolute Gasteiger partial charge is 0.377 e. The first-order valence-corrected chi connectivity index (χ1v) is 6.21. The second kappa shape index (κ2) is 4.40. The molecular formula is C12H24N2O. The number of likely N-dealkylation sites (tertiary alicyclic amines) is 1. The van der Waals surface area contributed by atoms with E-state index in [9.17, 15) is 0 Å². The molecule has 0 aromatic rings. The summed E-state index contributed by atoms with van der Waals surface area (Å²) in [6.07, 6.45) is 4.19. The van der Waals surface area contributed by atoms with E-state index in [4.69, 9.17) is 10.5 Å². The van der Waals surface area contributed by atoms with Crippen LogP contribution in [0.4, 0.5) is 0 Å². The summed E-state index contributed by atoms with van der Waals surface area (Å²) in [4.78, 5) is 2.57. The van der Waals surface area contributed by atoms with E-state index in [0.29, 0.717) is 12.0 Å². The first-order valence-electron chi connectivity index (χ1n) is 6.21. The zero-order chi connectivity index (χ0) is 10.9. The van der Waals surface area contributed by atoms with Gasteiger partial charge in [-0.05, 0) is 52.1 Å². The molecule has 15 heavy (non-hydrogen) atoms. The summed E-state index contributed by atoms with van der Waals surface area (Å²) in [6, 6.07) is 0. The Morgan fingerprint density at radius 3 is 2.73 bits per heavy atom. The van der Waals surface area contributed by atoms with Crippen molar-refractivity contribution >= 4 is 0 Å². The van der Waals surface area contributed by atoms with Crippen molar-refractivity contribution < 1.29 is 4.74 Å². The molecule has 0 aliphatic carbocycles. The van der Waals surface area contributed by atoms with Crippen LogP contribution < -0.4 is 5.73 Å². The van der Waals surface area contributed by atoms with Gasteiger partial charge in [-0.25, -0.2) is 0 Å². The average molecular weight is 212 g/mol. The van der Waals surface area contributed by atoms with Crippen LogP contribution in [0.15, 0.2) is 0 Å². The van der Waals surface area contributed by atoms with Gasteiger partial charge in [-0.15, -0.1) is 0 Å². The smallest absolute Gasteiger partial charge is 0.0703 e. The highest BCUT2D eigenvalue weighted by Gasteiger charge is 2.41. The minimum atomic E-state index is 0.265. The van der Waals surface area contributed by atoms with Crippen molar-refractivity contribution in [3.8, 4) is 0 Å². The van der Waals surface area contributed by atoms with E-state index in [2.05, 4.69) is 18.7 Å². The van der Waals surface area contributed by atoms with E-state index in [1.807, 2.05) is 0 Å². The Balaban J connectivity index is 1.92. The average Bonchev–Trinajstić information content (AvgIpc) is 2.77. The fourth-order valence-corrected chi connectivity index (χ4v) is 2.98. The molecule has 88 valence electrons. The molecule has 0 spiro atoms. The Hall–Kier alpha value is -0.120. The van der Waals surface area contributed by atoms with E-state index in [0.717, 1.165) is 19.7 Å². The van der Waals surface area contributed by atoms with E-state index in [-0.39, 0.29) is 5.54 Å². The molecule has 0 aromatic heterocycles. The Labute approximate surface area is 93.0 Å². The molecule has 2 unspecified atom stereocenters. The molecule has 2 heterocycles. The lowest BCUT2D eigenvalue weighted by atomic mass is 9.88. The van der Waals surface area contributed by atoms with Crippen molar-refractivity contribution in [1.29, 1.82) is 0 Å². The van der Waals surface area contributed by atoms with Gasteiger partial charge in [0.05, 0.1) is 6.10 Å². The number of rotatable bonds is 3. The van der Waals surface area contributed by atoms with E-state index >= 15 is 0 Å². The first kappa shape index (κ1) is 11.4. The first-order chi connectivity index (χ1) is 7.14. The number of hydrogen-bond acceptors (Lipinski definition) is 3. The third kappa shape index (κ3) is 2.19. The van der Waals surface area contributed by atoms with Gasteiger partial charge in [-0.3, -0.25) is 4.90 Å². The molecule has 3 nitrogen and oxygen atoms in total. The lowest BCUT2D eigenvalue weighted by Gasteiger charge is -2.37. The molecule has 3 heteroatoms. The van der Waals surface area contributed by atoms with Gasteiger partial charge in [0.15, 0.2) is 0 Å². The molecule has 2 rings (SSSR count). The molecule has 2 N–H and O–H groups in total. The fraction of sp³-hybridized carbons (Fsp3) is 1.00. The molecule has 2 aliphatic heterocycles. The standard InChI is InChI=1S/C12H24N2O/c1-12(2)10(8-13)5-6-14(12)9-11-4-3-7-15-11/h10-11H,3-9,13H2,1-2H3. The molecule has 2 saturated heterocycles. The van der Waals surface area contributed by atoms with Gasteiger partial charge in [0.2, 0.25) is 0 Å². The van der Waals surface area contributed by atoms with E-state index in [1.165, 1.54) is 25.8 Å². The Kier molecular flexibility index (Phi) is 3.33. The van der Waals surface area contributed by atoms with Gasteiger partial charge in [0, 0.05) is 18.7 Å². The number of nitrogens with two attached hydrogens (primary N) is 1. The minimum absolute atomic E-state index is 0.265. The van der Waals surface area contributed by atoms with Crippen LogP contribution in [-0.2, 0) is 4.74 Å². The van der Waals surface area contributed by atoms with Crippen molar-refractivity contribution in [2.45, 2.75) is 44.8 Å². The molecule has 2 aliphatic rings. The van der Waals surface area contributed by atoms with Crippen LogP contribution in [0.3, 0.4) is 0 Å². The maximum absolute atomic E-state index is 5.82. The molecule has 2 atom stereocenters. The second-order valence-electron chi connectivity index (χ2n) is 5.46. The van der Waals surface area contributed by atoms with Crippen molar-refractivity contribution in [3.63, 3.8) is 0 Å². The monoisotopic (exact) mass is 212 g/mol. The topological polar surface area (TPSA) is 38.5 Å². The van der Waals surface area contributed by atoms with E-state index < -0.39 is 0 Å². The highest BCUT2D eigenvalue weighted by molar-refractivity contribution is 4.96. The zero-order valence-electron chi connectivity index (χ0n) is 10.0. The van der Waals surface area contributed by atoms with Gasteiger partial charge in [-0.1, -0.05) is 0 Å². The quantitative estimate of drug-likeness (QED) is 0.764. The van der Waals surface area contributed by atoms with Crippen LogP contribution in [0.1, 0.15) is 33.1 Å². The van der Waals surface area contributed by atoms with Crippen LogP contribution in [-0.4, -0.2) is 42.8 Å². The minimum Gasteiger partial charge on any atom is -0.377 e. The maximum Gasteiger partial charge on any atom is 0.0703 e. The van der Waals surface area contributed by atoms with Crippen LogP contribution in [0, 0.1) is 5.92 Å². The van der Waals surface area contributed by atoms with Gasteiger partial charge in [0.25, 0.3) is 0 Å². The van der Waals surface area contributed by atoms with Crippen molar-refractivity contribution in [2.75, 3.05) is 26.2 Å². The molecule has 0 saturated carbocycles. The predicted octanol–water partition coefficient (Wildman–Crippen LogP) is 1.22. The van der Waals surface area contributed by atoms with Crippen LogP contribution in [0.25, 0.3) is 0 Å². The summed E-state index contributed by atoms with van der Waals surface area (Å²) in [6.45, 7) is 8.71. The summed E-state index contributed by atoms with van der Waals surface area (Å²) < 4.78 is 5.70. The van der Waals surface area contributed by atoms with Crippen LogP contribution >= 0.6 is 0 Å². The van der Waals surface area contributed by atoms with Gasteiger partial charge in [-0.2, -0.15) is 0 Å². The lowest BCUT2D eigenvalue weighted by molar-refractivity contribution is 0.0429. The molecular weight excluding hydrogens is 188 g/mol. The molecule has 0 radical (unpaired) electrons. The Morgan fingerprint density at radius 1 is 1.40 bits per heavy atom. The van der Waals surface area contributed by atoms with Crippen molar-refractivity contribution in [2.24, 2.45) is 11.7 Å². The second-order valence-corrected chi connectivity index (χ2v) is 5.46. The number of hydrogen-bond donors (Lipinski definition) is 1. The summed E-state index contributed by atoms with van der Waals surface area (Å²) in [5.41, 5.74) is 6.09. The Morgan fingerprint density at radius 2 is 2.20 bits per heavy atom. The molecule has 0 amide bonds. The summed E-state index contributed by atoms with van der Waals surface area (Å²) in [5, 5.41) is 0. The van der Waals surface area contributed by atoms with Crippen LogP contribution in [0.2, 0.25) is 0 Å². The normalized spacial score (nSPS) is 36.2. The summed E-state index contributed by atoms with van der Waals surface area (Å²) in [7, 11) is 0. The third-order valence-corrected chi connectivity index (χ3v) is 4.29. The third-order valence-electron chi connectivity index (χ3n) is 4.29. The Bertz CT molecular complexity index is 212. The van der Waals surface area contributed by atoms with Crippen molar-refractivity contribution in [3.05, 3.63) is 0 Å². The van der Waals surface area contributed by atoms with Gasteiger partial charge < -0.3 is 10.5 Å². The summed E-state index contributed by atoms with van der Waals surface area (Å²) >= 11 is 0. The predicted molar refractivity (Wildman–Crippen MR) is 61.8 cm³/mol. The maximum atomic E-state index is 5.82. The van der Waals surface area contributed by atoms with Crippen LogP contribution in [0.5, 0.6) is 0 Å². The molecule has 2 fully saturated rings. The highest BCUT2D eigenvalue weighted by atomic mass is 16.5. The lowest BCUT2D eigenvalue weighted by Crippen LogP contribution is -2.47.